The molecule has 10 nitrogen and oxygen atoms in total. The molecule has 2 aromatic heterocycles. The van der Waals surface area contributed by atoms with Crippen LogP contribution in [0.15, 0.2) is 16.0 Å². The molecule has 0 atom stereocenters. The SMILES string of the molecule is Nc1nonc1/C(=N/O)n1cc(CO)nn1. The molecule has 0 amide bonds. The highest BCUT2D eigenvalue weighted by Gasteiger charge is 2.18. The number of oxime groups is 1. The van der Waals surface area contributed by atoms with Crippen molar-refractivity contribution in [3.05, 3.63) is 17.6 Å². The van der Waals surface area contributed by atoms with Crippen LogP contribution >= 0.6 is 0 Å². The summed E-state index contributed by atoms with van der Waals surface area (Å²) in [6, 6.07) is 0. The average molecular weight is 225 g/mol. The molecule has 84 valence electrons. The van der Waals surface area contributed by atoms with Crippen LogP contribution in [-0.4, -0.2) is 41.5 Å². The average Bonchev–Trinajstić information content (AvgIpc) is 2.90. The quantitative estimate of drug-likeness (QED) is 0.240. The van der Waals surface area contributed by atoms with Crippen molar-refractivity contribution in [2.24, 2.45) is 5.16 Å². The van der Waals surface area contributed by atoms with Crippen LogP contribution in [-0.2, 0) is 6.61 Å². The van der Waals surface area contributed by atoms with Crippen molar-refractivity contribution in [2.75, 3.05) is 5.73 Å². The Kier molecular flexibility index (Phi) is 2.47. The van der Waals surface area contributed by atoms with Crippen LogP contribution in [0, 0.1) is 0 Å². The molecule has 0 bridgehead atoms. The number of hydrogen-bond acceptors (Lipinski definition) is 9. The third-order valence-electron chi connectivity index (χ3n) is 1.74. The number of aliphatic hydroxyl groups excluding tert-OH is 1. The summed E-state index contributed by atoms with van der Waals surface area (Å²) in [4.78, 5) is 0. The highest BCUT2D eigenvalue weighted by atomic mass is 16.6. The first-order chi connectivity index (χ1) is 7.76. The number of aromatic nitrogens is 5. The monoisotopic (exact) mass is 225 g/mol. The molecule has 0 aliphatic rings. The first-order valence-electron chi connectivity index (χ1n) is 4.09. The summed E-state index contributed by atoms with van der Waals surface area (Å²) in [5, 5.41) is 34.6. The third kappa shape index (κ3) is 1.56. The van der Waals surface area contributed by atoms with Gasteiger partial charge in [-0.2, -0.15) is 4.68 Å². The largest absolute Gasteiger partial charge is 0.409 e. The van der Waals surface area contributed by atoms with E-state index in [2.05, 4.69) is 30.4 Å². The highest BCUT2D eigenvalue weighted by molar-refractivity contribution is 6.00. The van der Waals surface area contributed by atoms with Crippen molar-refractivity contribution >= 4 is 11.7 Å². The second-order valence-electron chi connectivity index (χ2n) is 2.73. The Morgan fingerprint density at radius 3 is 2.88 bits per heavy atom. The fourth-order valence-electron chi connectivity index (χ4n) is 1.03. The van der Waals surface area contributed by atoms with Crippen molar-refractivity contribution in [1.82, 2.24) is 25.3 Å². The lowest BCUT2D eigenvalue weighted by Crippen LogP contribution is -2.16. The lowest BCUT2D eigenvalue weighted by Gasteiger charge is -1.97. The molecule has 16 heavy (non-hydrogen) atoms. The van der Waals surface area contributed by atoms with Crippen molar-refractivity contribution in [2.45, 2.75) is 6.61 Å². The minimum atomic E-state index is -0.286. The molecule has 2 aromatic rings. The van der Waals surface area contributed by atoms with E-state index in [0.717, 1.165) is 4.68 Å². The lowest BCUT2D eigenvalue weighted by atomic mass is 10.4. The Hall–Kier alpha value is -2.49. The molecule has 0 spiro atoms. The van der Waals surface area contributed by atoms with Gasteiger partial charge in [0.05, 0.1) is 12.8 Å². The molecule has 0 aliphatic carbocycles. The summed E-state index contributed by atoms with van der Waals surface area (Å²) in [5.74, 6) is -0.153. The van der Waals surface area contributed by atoms with Gasteiger partial charge in [0.2, 0.25) is 5.84 Å². The zero-order valence-corrected chi connectivity index (χ0v) is 7.85. The Labute approximate surface area is 87.9 Å². The van der Waals surface area contributed by atoms with Gasteiger partial charge in [0, 0.05) is 0 Å². The van der Waals surface area contributed by atoms with Crippen molar-refractivity contribution in [3.8, 4) is 0 Å². The molecule has 2 rings (SSSR count). The van der Waals surface area contributed by atoms with Crippen molar-refractivity contribution in [1.29, 1.82) is 0 Å². The number of aliphatic hydroxyl groups is 1. The van der Waals surface area contributed by atoms with Gasteiger partial charge < -0.3 is 16.0 Å². The smallest absolute Gasteiger partial charge is 0.227 e. The van der Waals surface area contributed by atoms with Crippen LogP contribution in [0.5, 0.6) is 0 Å². The van der Waals surface area contributed by atoms with E-state index in [4.69, 9.17) is 16.0 Å². The van der Waals surface area contributed by atoms with Crippen LogP contribution in [0.1, 0.15) is 11.4 Å². The van der Waals surface area contributed by atoms with E-state index in [1.165, 1.54) is 6.20 Å². The van der Waals surface area contributed by atoms with Crippen molar-refractivity contribution in [3.63, 3.8) is 0 Å². The maximum atomic E-state index is 8.83. The van der Waals surface area contributed by atoms with E-state index in [-0.39, 0.29) is 24.0 Å². The van der Waals surface area contributed by atoms with Crippen LogP contribution in [0.4, 0.5) is 5.82 Å². The molecule has 10 heteroatoms. The number of anilines is 1. The van der Waals surface area contributed by atoms with Gasteiger partial charge in [0.15, 0.2) is 11.5 Å². The van der Waals surface area contributed by atoms with Gasteiger partial charge in [0.1, 0.15) is 5.69 Å². The zero-order valence-electron chi connectivity index (χ0n) is 7.85. The van der Waals surface area contributed by atoms with E-state index in [1.807, 2.05) is 0 Å². The lowest BCUT2D eigenvalue weighted by molar-refractivity contribution is 0.276. The van der Waals surface area contributed by atoms with E-state index in [0.29, 0.717) is 5.69 Å². The van der Waals surface area contributed by atoms with Gasteiger partial charge in [-0.25, -0.2) is 4.63 Å². The minimum Gasteiger partial charge on any atom is -0.409 e. The van der Waals surface area contributed by atoms with Gasteiger partial charge in [-0.15, -0.1) is 5.10 Å². The molecule has 0 radical (unpaired) electrons. The van der Waals surface area contributed by atoms with Gasteiger partial charge in [0.25, 0.3) is 0 Å². The summed E-state index contributed by atoms with van der Waals surface area (Å²) in [6.07, 6.45) is 1.35. The van der Waals surface area contributed by atoms with Crippen LogP contribution < -0.4 is 5.73 Å². The van der Waals surface area contributed by atoms with E-state index < -0.39 is 0 Å². The number of nitrogens with two attached hydrogens (primary N) is 1. The Morgan fingerprint density at radius 1 is 1.56 bits per heavy atom. The summed E-state index contributed by atoms with van der Waals surface area (Å²) in [7, 11) is 0. The van der Waals surface area contributed by atoms with Crippen molar-refractivity contribution < 1.29 is 14.9 Å². The van der Waals surface area contributed by atoms with Gasteiger partial charge in [-0.1, -0.05) is 10.4 Å². The summed E-state index contributed by atoms with van der Waals surface area (Å²) in [6.45, 7) is -0.286. The third-order valence-corrected chi connectivity index (χ3v) is 1.74. The normalized spacial score (nSPS) is 11.9. The molecule has 0 saturated carbocycles. The predicted molar refractivity (Wildman–Crippen MR) is 48.4 cm³/mol. The summed E-state index contributed by atoms with van der Waals surface area (Å²) >= 11 is 0. The number of nitrogens with zero attached hydrogens (tertiary/aromatic N) is 6. The van der Waals surface area contributed by atoms with Gasteiger partial charge in [-0.3, -0.25) is 0 Å². The van der Waals surface area contributed by atoms with E-state index in [9.17, 15) is 0 Å². The maximum absolute atomic E-state index is 8.83. The highest BCUT2D eigenvalue weighted by Crippen LogP contribution is 2.07. The molecular formula is C6H7N7O3. The molecule has 0 saturated heterocycles. The van der Waals surface area contributed by atoms with E-state index >= 15 is 0 Å². The Bertz CT molecular complexity index is 516. The van der Waals surface area contributed by atoms with Gasteiger partial charge in [-0.05, 0) is 10.3 Å². The molecule has 2 heterocycles. The molecular weight excluding hydrogens is 218 g/mol. The standard InChI is InChI=1S/C6H7N7O3/c7-5-4(10-16-11-5)6(9-15)13-1-3(2-14)8-12-13/h1,14-15H,2H2,(H2,7,11)/b9-6-. The van der Waals surface area contributed by atoms with Crippen LogP contribution in [0.25, 0.3) is 0 Å². The minimum absolute atomic E-state index is 0.0249. The summed E-state index contributed by atoms with van der Waals surface area (Å²) in [5.41, 5.74) is 5.75. The maximum Gasteiger partial charge on any atom is 0.227 e. The molecule has 0 unspecified atom stereocenters. The second-order valence-corrected chi connectivity index (χ2v) is 2.73. The number of hydrogen-bond donors (Lipinski definition) is 3. The molecule has 0 fully saturated rings. The molecule has 4 N–H and O–H groups in total. The van der Waals surface area contributed by atoms with Crippen LogP contribution in [0.3, 0.4) is 0 Å². The first-order valence-corrected chi connectivity index (χ1v) is 4.09. The van der Waals surface area contributed by atoms with Crippen LogP contribution in [0.2, 0.25) is 0 Å². The summed E-state index contributed by atoms with van der Waals surface area (Å²) < 4.78 is 5.44. The second kappa shape index (κ2) is 3.94. The number of rotatable bonds is 2. The fraction of sp³-hybridized carbons (Fsp3) is 0.167. The predicted octanol–water partition coefficient (Wildman–Crippen LogP) is -1.58. The molecule has 0 aromatic carbocycles. The Balaban J connectivity index is 2.41. The van der Waals surface area contributed by atoms with Gasteiger partial charge >= 0.3 is 0 Å². The molecule has 0 aliphatic heterocycles. The topological polar surface area (TPSA) is 148 Å². The zero-order chi connectivity index (χ0) is 11.5. The van der Waals surface area contributed by atoms with E-state index in [1.54, 1.807) is 0 Å². The first kappa shape index (κ1) is 10.0. The number of nitrogen functional groups attached to an aromatic ring is 1. The fourth-order valence-corrected chi connectivity index (χ4v) is 1.03. The Morgan fingerprint density at radius 2 is 2.38 bits per heavy atom.